The second kappa shape index (κ2) is 8.21. The third-order valence-corrected chi connectivity index (χ3v) is 2.88. The van der Waals surface area contributed by atoms with Crippen LogP contribution < -0.4 is 11.1 Å². The van der Waals surface area contributed by atoms with Crippen molar-refractivity contribution in [2.75, 3.05) is 19.7 Å². The van der Waals surface area contributed by atoms with Gasteiger partial charge in [0.15, 0.2) is 0 Å². The van der Waals surface area contributed by atoms with E-state index >= 15 is 0 Å². The van der Waals surface area contributed by atoms with Crippen LogP contribution in [0, 0.1) is 0 Å². The summed E-state index contributed by atoms with van der Waals surface area (Å²) in [7, 11) is 0. The van der Waals surface area contributed by atoms with Crippen LogP contribution >= 0.6 is 0 Å². The maximum absolute atomic E-state index is 8.66. The Balaban J connectivity index is 3.82. The Morgan fingerprint density at radius 3 is 2.43 bits per heavy atom. The third kappa shape index (κ3) is 4.94. The van der Waals surface area contributed by atoms with Crippen LogP contribution in [0.1, 0.15) is 46.0 Å². The molecule has 0 bridgehead atoms. The average molecular weight is 202 g/mol. The molecular weight excluding hydrogens is 176 g/mol. The van der Waals surface area contributed by atoms with Gasteiger partial charge in [0.1, 0.15) is 0 Å². The molecule has 0 fully saturated rings. The molecule has 0 aliphatic rings. The lowest BCUT2D eigenvalue weighted by Gasteiger charge is -2.32. The standard InChI is InChI=1S/C11H26N2O/c1-3-7-11(4-2,10-12)13-8-5-6-9-14/h13-14H,3-10,12H2,1-2H3. The van der Waals surface area contributed by atoms with Gasteiger partial charge >= 0.3 is 0 Å². The first-order valence-corrected chi connectivity index (χ1v) is 5.80. The molecule has 0 aliphatic heterocycles. The molecule has 86 valence electrons. The Hall–Kier alpha value is -0.120. The van der Waals surface area contributed by atoms with E-state index in [9.17, 15) is 0 Å². The van der Waals surface area contributed by atoms with Gasteiger partial charge in [-0.1, -0.05) is 20.3 Å². The first-order chi connectivity index (χ1) is 6.74. The number of hydrogen-bond donors (Lipinski definition) is 3. The molecule has 0 aromatic rings. The molecule has 0 saturated carbocycles. The molecule has 0 amide bonds. The van der Waals surface area contributed by atoms with Crippen molar-refractivity contribution < 1.29 is 5.11 Å². The van der Waals surface area contributed by atoms with E-state index in [-0.39, 0.29) is 12.1 Å². The van der Waals surface area contributed by atoms with Crippen molar-refractivity contribution in [3.05, 3.63) is 0 Å². The molecule has 1 unspecified atom stereocenters. The molecule has 0 aliphatic carbocycles. The summed E-state index contributed by atoms with van der Waals surface area (Å²) in [5.74, 6) is 0. The molecule has 4 N–H and O–H groups in total. The van der Waals surface area contributed by atoms with E-state index in [0.29, 0.717) is 6.54 Å². The van der Waals surface area contributed by atoms with Crippen LogP contribution in [-0.2, 0) is 0 Å². The zero-order valence-electron chi connectivity index (χ0n) is 9.68. The predicted octanol–water partition coefficient (Wildman–Crippen LogP) is 1.26. The van der Waals surface area contributed by atoms with Crippen LogP contribution in [0.15, 0.2) is 0 Å². The summed E-state index contributed by atoms with van der Waals surface area (Å²) in [5.41, 5.74) is 5.94. The van der Waals surface area contributed by atoms with Crippen LogP contribution in [0.25, 0.3) is 0 Å². The van der Waals surface area contributed by atoms with Gasteiger partial charge in [0.25, 0.3) is 0 Å². The Kier molecular flexibility index (Phi) is 8.14. The van der Waals surface area contributed by atoms with E-state index in [1.54, 1.807) is 0 Å². The summed E-state index contributed by atoms with van der Waals surface area (Å²) in [6.45, 7) is 6.33. The lowest BCUT2D eigenvalue weighted by atomic mass is 9.90. The molecule has 1 atom stereocenters. The van der Waals surface area contributed by atoms with Gasteiger partial charge in [0.2, 0.25) is 0 Å². The van der Waals surface area contributed by atoms with Gasteiger partial charge in [0.05, 0.1) is 0 Å². The molecule has 0 heterocycles. The van der Waals surface area contributed by atoms with E-state index in [2.05, 4.69) is 19.2 Å². The molecule has 0 aromatic heterocycles. The number of aliphatic hydroxyl groups is 1. The van der Waals surface area contributed by atoms with Crippen molar-refractivity contribution in [3.63, 3.8) is 0 Å². The van der Waals surface area contributed by atoms with Crippen LogP contribution in [-0.4, -0.2) is 30.3 Å². The van der Waals surface area contributed by atoms with Gasteiger partial charge in [-0.25, -0.2) is 0 Å². The maximum atomic E-state index is 8.66. The number of aliphatic hydroxyl groups excluding tert-OH is 1. The highest BCUT2D eigenvalue weighted by Gasteiger charge is 2.23. The highest BCUT2D eigenvalue weighted by molar-refractivity contribution is 4.87. The van der Waals surface area contributed by atoms with E-state index in [1.165, 1.54) is 0 Å². The summed E-state index contributed by atoms with van der Waals surface area (Å²) >= 11 is 0. The smallest absolute Gasteiger partial charge is 0.0431 e. The molecule has 0 radical (unpaired) electrons. The predicted molar refractivity (Wildman–Crippen MR) is 61.3 cm³/mol. The van der Waals surface area contributed by atoms with Gasteiger partial charge in [-0.05, 0) is 32.2 Å². The SMILES string of the molecule is CCCC(CC)(CN)NCCCCO. The molecule has 0 aromatic carbocycles. The fraction of sp³-hybridized carbons (Fsp3) is 1.00. The van der Waals surface area contributed by atoms with Crippen molar-refractivity contribution in [1.29, 1.82) is 0 Å². The molecule has 0 saturated heterocycles. The largest absolute Gasteiger partial charge is 0.396 e. The van der Waals surface area contributed by atoms with Gasteiger partial charge in [0, 0.05) is 18.7 Å². The van der Waals surface area contributed by atoms with Gasteiger partial charge in [-0.15, -0.1) is 0 Å². The van der Waals surface area contributed by atoms with Gasteiger partial charge < -0.3 is 16.2 Å². The minimum atomic E-state index is 0.129. The summed E-state index contributed by atoms with van der Waals surface area (Å²) in [6.07, 6.45) is 5.29. The highest BCUT2D eigenvalue weighted by Crippen LogP contribution is 2.15. The number of nitrogens with one attached hydrogen (secondary N) is 1. The van der Waals surface area contributed by atoms with Crippen molar-refractivity contribution in [3.8, 4) is 0 Å². The van der Waals surface area contributed by atoms with Gasteiger partial charge in [-0.3, -0.25) is 0 Å². The number of unbranched alkanes of at least 4 members (excludes halogenated alkanes) is 1. The van der Waals surface area contributed by atoms with E-state index < -0.39 is 0 Å². The lowest BCUT2D eigenvalue weighted by Crippen LogP contribution is -2.51. The Bertz CT molecular complexity index is 124. The number of nitrogens with two attached hydrogens (primary N) is 1. The van der Waals surface area contributed by atoms with Crippen LogP contribution in [0.2, 0.25) is 0 Å². The third-order valence-electron chi connectivity index (χ3n) is 2.88. The summed E-state index contributed by atoms with van der Waals surface area (Å²) in [4.78, 5) is 0. The second-order valence-electron chi connectivity index (χ2n) is 3.95. The monoisotopic (exact) mass is 202 g/mol. The fourth-order valence-corrected chi connectivity index (χ4v) is 1.78. The Labute approximate surface area is 88.1 Å². The van der Waals surface area contributed by atoms with Gasteiger partial charge in [-0.2, -0.15) is 0 Å². The minimum Gasteiger partial charge on any atom is -0.396 e. The zero-order chi connectivity index (χ0) is 10.9. The van der Waals surface area contributed by atoms with Crippen LogP contribution in [0.5, 0.6) is 0 Å². The lowest BCUT2D eigenvalue weighted by molar-refractivity contribution is 0.266. The molecule has 3 nitrogen and oxygen atoms in total. The average Bonchev–Trinajstić information content (AvgIpc) is 2.23. The highest BCUT2D eigenvalue weighted by atomic mass is 16.2. The van der Waals surface area contributed by atoms with Crippen molar-refractivity contribution >= 4 is 0 Å². The molecule has 14 heavy (non-hydrogen) atoms. The second-order valence-corrected chi connectivity index (χ2v) is 3.95. The summed E-state index contributed by atoms with van der Waals surface area (Å²) in [6, 6.07) is 0. The van der Waals surface area contributed by atoms with Crippen LogP contribution in [0.4, 0.5) is 0 Å². The molecule has 3 heteroatoms. The fourth-order valence-electron chi connectivity index (χ4n) is 1.78. The Morgan fingerprint density at radius 2 is 2.00 bits per heavy atom. The van der Waals surface area contributed by atoms with E-state index in [0.717, 1.165) is 38.6 Å². The van der Waals surface area contributed by atoms with Crippen molar-refractivity contribution in [2.45, 2.75) is 51.5 Å². The normalized spacial score (nSPS) is 15.4. The van der Waals surface area contributed by atoms with E-state index in [4.69, 9.17) is 10.8 Å². The quantitative estimate of drug-likeness (QED) is 0.493. The maximum Gasteiger partial charge on any atom is 0.0431 e. The molecular formula is C11H26N2O. The number of rotatable bonds is 9. The minimum absolute atomic E-state index is 0.129. The summed E-state index contributed by atoms with van der Waals surface area (Å²) in [5, 5.41) is 12.2. The topological polar surface area (TPSA) is 58.3 Å². The van der Waals surface area contributed by atoms with Crippen molar-refractivity contribution in [2.24, 2.45) is 5.73 Å². The molecule has 0 rings (SSSR count). The number of hydrogen-bond acceptors (Lipinski definition) is 3. The first-order valence-electron chi connectivity index (χ1n) is 5.80. The first kappa shape index (κ1) is 13.9. The summed E-state index contributed by atoms with van der Waals surface area (Å²) < 4.78 is 0. The van der Waals surface area contributed by atoms with Crippen LogP contribution in [0.3, 0.4) is 0 Å². The zero-order valence-corrected chi connectivity index (χ0v) is 9.68. The van der Waals surface area contributed by atoms with E-state index in [1.807, 2.05) is 0 Å². The molecule has 0 spiro atoms. The van der Waals surface area contributed by atoms with Crippen molar-refractivity contribution in [1.82, 2.24) is 5.32 Å². The Morgan fingerprint density at radius 1 is 1.29 bits per heavy atom.